The van der Waals surface area contributed by atoms with E-state index in [1.165, 1.54) is 5.32 Å². The van der Waals surface area contributed by atoms with E-state index in [1.807, 2.05) is 0 Å². The molecule has 0 heterocycles. The molecule has 2 N–H and O–H groups in total. The number of amides is 1. The first-order chi connectivity index (χ1) is 8.12. The number of carbonyl (C=O) groups is 2. The standard InChI is InChI=1S/C9H4BrClF3NO3/c10-4-2-5(11)6(1-3(4)7(16)17)15-8(18)9(12,13)14/h1-2H,(H,15,18)(H,16,17). The van der Waals surface area contributed by atoms with Gasteiger partial charge in [-0.25, -0.2) is 4.79 Å². The van der Waals surface area contributed by atoms with E-state index in [9.17, 15) is 22.8 Å². The van der Waals surface area contributed by atoms with Crippen LogP contribution in [-0.4, -0.2) is 23.2 Å². The molecule has 1 aromatic rings. The van der Waals surface area contributed by atoms with Crippen molar-refractivity contribution in [3.8, 4) is 0 Å². The fourth-order valence-corrected chi connectivity index (χ4v) is 1.86. The van der Waals surface area contributed by atoms with Crippen LogP contribution in [0, 0.1) is 0 Å². The number of carboxylic acids is 1. The third-order valence-corrected chi connectivity index (χ3v) is 2.76. The molecule has 4 nitrogen and oxygen atoms in total. The molecule has 18 heavy (non-hydrogen) atoms. The monoisotopic (exact) mass is 345 g/mol. The molecule has 0 saturated carbocycles. The number of hydrogen-bond donors (Lipinski definition) is 2. The lowest BCUT2D eigenvalue weighted by Crippen LogP contribution is -2.30. The molecule has 0 saturated heterocycles. The number of benzene rings is 1. The van der Waals surface area contributed by atoms with E-state index in [2.05, 4.69) is 15.9 Å². The van der Waals surface area contributed by atoms with Crippen LogP contribution in [0.3, 0.4) is 0 Å². The molecule has 0 bridgehead atoms. The quantitative estimate of drug-likeness (QED) is 0.863. The molecule has 9 heteroatoms. The van der Waals surface area contributed by atoms with E-state index in [-0.39, 0.29) is 15.1 Å². The molecule has 0 aliphatic carbocycles. The SMILES string of the molecule is O=C(O)c1cc(NC(=O)C(F)(F)F)c(Cl)cc1Br. The van der Waals surface area contributed by atoms with E-state index in [1.54, 1.807) is 0 Å². The van der Waals surface area contributed by atoms with E-state index in [0.29, 0.717) is 0 Å². The normalized spacial score (nSPS) is 11.2. The van der Waals surface area contributed by atoms with E-state index < -0.39 is 23.7 Å². The zero-order valence-corrected chi connectivity index (χ0v) is 10.7. The van der Waals surface area contributed by atoms with Gasteiger partial charge in [0.15, 0.2) is 0 Å². The molecule has 0 aliphatic heterocycles. The number of carbonyl (C=O) groups excluding carboxylic acids is 1. The van der Waals surface area contributed by atoms with Gasteiger partial charge in [-0.3, -0.25) is 4.79 Å². The topological polar surface area (TPSA) is 66.4 Å². The minimum absolute atomic E-state index is 0.0880. The first-order valence-electron chi connectivity index (χ1n) is 4.23. The maximum atomic E-state index is 12.0. The van der Waals surface area contributed by atoms with Crippen LogP contribution in [0.5, 0.6) is 0 Å². The third kappa shape index (κ3) is 3.36. The Balaban J connectivity index is 3.14. The van der Waals surface area contributed by atoms with Crippen LogP contribution in [0.1, 0.15) is 10.4 Å². The molecular formula is C9H4BrClF3NO3. The van der Waals surface area contributed by atoms with Crippen molar-refractivity contribution in [3.63, 3.8) is 0 Å². The van der Waals surface area contributed by atoms with Crippen molar-refractivity contribution in [2.45, 2.75) is 6.18 Å². The van der Waals surface area contributed by atoms with E-state index in [0.717, 1.165) is 12.1 Å². The summed E-state index contributed by atoms with van der Waals surface area (Å²) in [6, 6.07) is 1.91. The second-order valence-electron chi connectivity index (χ2n) is 3.07. The van der Waals surface area contributed by atoms with Gasteiger partial charge in [0.2, 0.25) is 0 Å². The highest BCUT2D eigenvalue weighted by atomic mass is 79.9. The van der Waals surface area contributed by atoms with Crippen molar-refractivity contribution >= 4 is 45.1 Å². The molecule has 0 atom stereocenters. The van der Waals surface area contributed by atoms with Gasteiger partial charge in [-0.05, 0) is 28.1 Å². The van der Waals surface area contributed by atoms with Crippen molar-refractivity contribution in [3.05, 3.63) is 27.2 Å². The van der Waals surface area contributed by atoms with Gasteiger partial charge in [0.1, 0.15) is 0 Å². The maximum absolute atomic E-state index is 12.0. The number of carboxylic acid groups (broad SMARTS) is 1. The van der Waals surface area contributed by atoms with E-state index >= 15 is 0 Å². The summed E-state index contributed by atoms with van der Waals surface area (Å²) in [6.07, 6.45) is -5.08. The van der Waals surface area contributed by atoms with Gasteiger partial charge in [0.05, 0.1) is 16.3 Å². The highest BCUT2D eigenvalue weighted by Crippen LogP contribution is 2.30. The Morgan fingerprint density at radius 3 is 2.33 bits per heavy atom. The molecule has 0 fully saturated rings. The number of aromatic carboxylic acids is 1. The van der Waals surface area contributed by atoms with Crippen LogP contribution in [0.25, 0.3) is 0 Å². The van der Waals surface area contributed by atoms with Gasteiger partial charge >= 0.3 is 18.1 Å². The zero-order chi connectivity index (χ0) is 14.1. The summed E-state index contributed by atoms with van der Waals surface area (Å²) in [6.45, 7) is 0. The molecule has 0 aliphatic rings. The minimum atomic E-state index is -5.08. The van der Waals surface area contributed by atoms with E-state index in [4.69, 9.17) is 16.7 Å². The largest absolute Gasteiger partial charge is 0.478 e. The van der Waals surface area contributed by atoms with Gasteiger partial charge in [-0.15, -0.1) is 0 Å². The second-order valence-corrected chi connectivity index (χ2v) is 4.33. The van der Waals surface area contributed by atoms with Gasteiger partial charge in [0.25, 0.3) is 0 Å². The number of halogens is 5. The summed E-state index contributed by atoms with van der Waals surface area (Å²) < 4.78 is 36.2. The Labute approximate surface area is 112 Å². The highest BCUT2D eigenvalue weighted by molar-refractivity contribution is 9.10. The summed E-state index contributed by atoms with van der Waals surface area (Å²) in [4.78, 5) is 21.5. The number of anilines is 1. The lowest BCUT2D eigenvalue weighted by molar-refractivity contribution is -0.167. The summed E-state index contributed by atoms with van der Waals surface area (Å²) in [5, 5.41) is 10.0. The number of alkyl halides is 3. The molecule has 1 amide bonds. The maximum Gasteiger partial charge on any atom is 0.471 e. The average Bonchev–Trinajstić information content (AvgIpc) is 2.19. The Hall–Kier alpha value is -1.28. The van der Waals surface area contributed by atoms with Gasteiger partial charge in [0, 0.05) is 4.47 Å². The minimum Gasteiger partial charge on any atom is -0.478 e. The fourth-order valence-electron chi connectivity index (χ4n) is 1.00. The molecule has 0 unspecified atom stereocenters. The number of nitrogens with one attached hydrogen (secondary N) is 1. The lowest BCUT2D eigenvalue weighted by atomic mass is 10.2. The predicted molar refractivity (Wildman–Crippen MR) is 60.8 cm³/mol. The Morgan fingerprint density at radius 2 is 1.89 bits per heavy atom. The van der Waals surface area contributed by atoms with Gasteiger partial charge in [-0.2, -0.15) is 13.2 Å². The van der Waals surface area contributed by atoms with Crippen LogP contribution in [0.2, 0.25) is 5.02 Å². The van der Waals surface area contributed by atoms with Crippen molar-refractivity contribution in [2.75, 3.05) is 5.32 Å². The zero-order valence-electron chi connectivity index (χ0n) is 8.31. The lowest BCUT2D eigenvalue weighted by Gasteiger charge is -2.11. The summed E-state index contributed by atoms with van der Waals surface area (Å²) >= 11 is 8.48. The number of rotatable bonds is 2. The number of hydrogen-bond acceptors (Lipinski definition) is 2. The smallest absolute Gasteiger partial charge is 0.471 e. The van der Waals surface area contributed by atoms with Gasteiger partial charge in [-0.1, -0.05) is 11.6 Å². The van der Waals surface area contributed by atoms with Crippen molar-refractivity contribution < 1.29 is 27.9 Å². The predicted octanol–water partition coefficient (Wildman–Crippen LogP) is 3.30. The van der Waals surface area contributed by atoms with Crippen LogP contribution in [0.15, 0.2) is 16.6 Å². The molecule has 98 valence electrons. The summed E-state index contributed by atoms with van der Waals surface area (Å²) in [7, 11) is 0. The van der Waals surface area contributed by atoms with Gasteiger partial charge < -0.3 is 10.4 Å². The van der Waals surface area contributed by atoms with Crippen LogP contribution in [-0.2, 0) is 4.79 Å². The molecule has 0 radical (unpaired) electrons. The molecule has 1 aromatic carbocycles. The van der Waals surface area contributed by atoms with Crippen LogP contribution in [0.4, 0.5) is 18.9 Å². The average molecular weight is 346 g/mol. The summed E-state index contributed by atoms with van der Waals surface area (Å²) in [5.74, 6) is -3.61. The Kier molecular flexibility index (Phi) is 4.23. The first kappa shape index (κ1) is 14.8. The highest BCUT2D eigenvalue weighted by Gasteiger charge is 2.39. The van der Waals surface area contributed by atoms with Crippen LogP contribution < -0.4 is 5.32 Å². The summed E-state index contributed by atoms with van der Waals surface area (Å²) in [5.41, 5.74) is -0.753. The van der Waals surface area contributed by atoms with Crippen LogP contribution >= 0.6 is 27.5 Å². The molecule has 0 spiro atoms. The Morgan fingerprint density at radius 1 is 1.33 bits per heavy atom. The fraction of sp³-hybridized carbons (Fsp3) is 0.111. The second kappa shape index (κ2) is 5.15. The molecule has 0 aromatic heterocycles. The van der Waals surface area contributed by atoms with Crippen molar-refractivity contribution in [1.82, 2.24) is 0 Å². The molecule has 1 rings (SSSR count). The third-order valence-electron chi connectivity index (χ3n) is 1.79. The Bertz CT molecular complexity index is 519. The van der Waals surface area contributed by atoms with Crippen molar-refractivity contribution in [2.24, 2.45) is 0 Å². The van der Waals surface area contributed by atoms with Crippen molar-refractivity contribution in [1.29, 1.82) is 0 Å². The molecular weight excluding hydrogens is 342 g/mol. The first-order valence-corrected chi connectivity index (χ1v) is 5.40.